The predicted octanol–water partition coefficient (Wildman–Crippen LogP) is 5.97. The van der Waals surface area contributed by atoms with Gasteiger partial charge >= 0.3 is 7.12 Å². The topological polar surface area (TPSA) is 27.7 Å². The van der Waals surface area contributed by atoms with Gasteiger partial charge in [-0.15, -0.1) is 0 Å². The summed E-state index contributed by atoms with van der Waals surface area (Å²) >= 11 is 3.42. The quantitative estimate of drug-likeness (QED) is 0.543. The second kappa shape index (κ2) is 7.74. The molecule has 1 aromatic carbocycles. The Labute approximate surface area is 165 Å². The van der Waals surface area contributed by atoms with Gasteiger partial charge in [-0.3, -0.25) is 0 Å². The molecule has 0 amide bonds. The Morgan fingerprint density at radius 3 is 2.04 bits per heavy atom. The van der Waals surface area contributed by atoms with Crippen LogP contribution in [0.15, 0.2) is 34.5 Å². The minimum Gasteiger partial charge on any atom is -0.398 e. The van der Waals surface area contributed by atoms with Crippen molar-refractivity contribution in [1.82, 2.24) is 0 Å². The standard InChI is InChI=1S/C20H29BBrFO3/c1-18(2,3)24-13-12-16(14-8-10-15(22)11-9-14)17(23)21-25-19(4,5)20(6,7)26-21/h8-11H,12-13H2,1-7H3. The van der Waals surface area contributed by atoms with Gasteiger partial charge in [0.05, 0.1) is 23.4 Å². The zero-order valence-corrected chi connectivity index (χ0v) is 18.4. The van der Waals surface area contributed by atoms with E-state index < -0.39 is 18.3 Å². The molecular formula is C20H29BBrFO3. The number of rotatable bonds is 5. The zero-order chi connectivity index (χ0) is 19.8. The molecule has 0 N–H and O–H groups in total. The van der Waals surface area contributed by atoms with Crippen molar-refractivity contribution in [2.45, 2.75) is 71.7 Å². The number of benzene rings is 1. The first-order chi connectivity index (χ1) is 11.8. The van der Waals surface area contributed by atoms with Crippen LogP contribution in [0.4, 0.5) is 4.39 Å². The Hall–Kier alpha value is -0.685. The molecule has 26 heavy (non-hydrogen) atoms. The molecule has 0 bridgehead atoms. The van der Waals surface area contributed by atoms with Crippen molar-refractivity contribution in [1.29, 1.82) is 0 Å². The highest BCUT2D eigenvalue weighted by Crippen LogP contribution is 2.40. The average molecular weight is 427 g/mol. The van der Waals surface area contributed by atoms with E-state index in [0.717, 1.165) is 10.0 Å². The number of hydrogen-bond donors (Lipinski definition) is 0. The first kappa shape index (κ1) is 21.6. The van der Waals surface area contributed by atoms with Crippen LogP contribution in [0, 0.1) is 0 Å². The molecule has 0 radical (unpaired) electrons. The van der Waals surface area contributed by atoms with Crippen LogP contribution in [-0.2, 0) is 14.0 Å². The van der Waals surface area contributed by atoms with E-state index >= 15 is 4.39 Å². The van der Waals surface area contributed by atoms with Gasteiger partial charge in [-0.25, -0.2) is 4.39 Å². The third-order valence-electron chi connectivity index (χ3n) is 4.83. The van der Waals surface area contributed by atoms with E-state index in [1.165, 1.54) is 0 Å². The molecule has 144 valence electrons. The summed E-state index contributed by atoms with van der Waals surface area (Å²) in [6.45, 7) is 14.1. The molecule has 0 spiro atoms. The minimum absolute atomic E-state index is 0.272. The van der Waals surface area contributed by atoms with Crippen molar-refractivity contribution in [3.05, 3.63) is 40.0 Å². The maximum absolute atomic E-state index is 15.4. The minimum atomic E-state index is -1.01. The first-order valence-electron chi connectivity index (χ1n) is 8.96. The van der Waals surface area contributed by atoms with Crippen LogP contribution in [0.2, 0.25) is 0 Å². The van der Waals surface area contributed by atoms with E-state index in [4.69, 9.17) is 14.0 Å². The molecule has 0 unspecified atom stereocenters. The fourth-order valence-corrected chi connectivity index (χ4v) is 2.87. The third-order valence-corrected chi connectivity index (χ3v) is 5.36. The van der Waals surface area contributed by atoms with Gasteiger partial charge in [0.2, 0.25) is 0 Å². The van der Waals surface area contributed by atoms with Crippen LogP contribution in [-0.4, -0.2) is 30.5 Å². The molecule has 0 atom stereocenters. The van der Waals surface area contributed by atoms with Gasteiger partial charge < -0.3 is 14.0 Å². The summed E-state index contributed by atoms with van der Waals surface area (Å²) in [5.41, 5.74) is -0.462. The monoisotopic (exact) mass is 426 g/mol. The second-order valence-corrected chi connectivity index (χ2v) is 9.55. The van der Waals surface area contributed by atoms with Crippen molar-refractivity contribution in [2.75, 3.05) is 6.61 Å². The summed E-state index contributed by atoms with van der Waals surface area (Å²) in [6.07, 6.45) is 0.439. The van der Waals surface area contributed by atoms with Gasteiger partial charge in [-0.2, -0.15) is 0 Å². The highest BCUT2D eigenvalue weighted by atomic mass is 79.9. The fraction of sp³-hybridized carbons (Fsp3) is 0.600. The normalized spacial score (nSPS) is 20.3. The first-order valence-corrected chi connectivity index (χ1v) is 9.76. The lowest BCUT2D eigenvalue weighted by Gasteiger charge is -2.32. The van der Waals surface area contributed by atoms with Crippen LogP contribution >= 0.6 is 15.9 Å². The lowest BCUT2D eigenvalue weighted by molar-refractivity contribution is 0.000564. The van der Waals surface area contributed by atoms with Gasteiger partial charge in [0.15, 0.2) is 0 Å². The number of ether oxygens (including phenoxy) is 1. The summed E-state index contributed by atoms with van der Waals surface area (Å²) in [7, 11) is -1.01. The lowest BCUT2D eigenvalue weighted by Crippen LogP contribution is -2.41. The van der Waals surface area contributed by atoms with E-state index in [-0.39, 0.29) is 11.3 Å². The second-order valence-electron chi connectivity index (χ2n) is 8.63. The SMILES string of the molecule is CC(C)(C)OCCC(=C(F)B1OC(C)(C)C(C)(C)O1)c1ccc(Br)cc1. The molecule has 1 saturated heterocycles. The molecular weight excluding hydrogens is 398 g/mol. The van der Waals surface area contributed by atoms with Crippen molar-refractivity contribution in [3.63, 3.8) is 0 Å². The van der Waals surface area contributed by atoms with Crippen molar-refractivity contribution < 1.29 is 18.4 Å². The number of halogens is 2. The lowest BCUT2D eigenvalue weighted by atomic mass is 9.82. The molecule has 0 saturated carbocycles. The molecule has 0 aliphatic carbocycles. The van der Waals surface area contributed by atoms with Gasteiger partial charge in [0.25, 0.3) is 0 Å². The smallest absolute Gasteiger partial charge is 0.398 e. The van der Waals surface area contributed by atoms with E-state index in [0.29, 0.717) is 18.6 Å². The van der Waals surface area contributed by atoms with Crippen molar-refractivity contribution >= 4 is 28.6 Å². The molecule has 1 heterocycles. The molecule has 3 nitrogen and oxygen atoms in total. The summed E-state index contributed by atoms with van der Waals surface area (Å²) in [6, 6.07) is 7.58. The Kier molecular flexibility index (Phi) is 6.44. The Morgan fingerprint density at radius 1 is 1.08 bits per heavy atom. The Bertz CT molecular complexity index is 647. The van der Waals surface area contributed by atoms with Gasteiger partial charge in [0.1, 0.15) is 5.73 Å². The largest absolute Gasteiger partial charge is 0.525 e. The summed E-state index contributed by atoms with van der Waals surface area (Å²) < 4.78 is 34.0. The highest BCUT2D eigenvalue weighted by molar-refractivity contribution is 9.10. The molecule has 0 aromatic heterocycles. The zero-order valence-electron chi connectivity index (χ0n) is 16.8. The molecule has 1 aliphatic heterocycles. The van der Waals surface area contributed by atoms with Gasteiger partial charge in [-0.05, 0) is 78.2 Å². The highest BCUT2D eigenvalue weighted by Gasteiger charge is 2.53. The van der Waals surface area contributed by atoms with Gasteiger partial charge in [-0.1, -0.05) is 28.1 Å². The molecule has 2 rings (SSSR count). The maximum Gasteiger partial charge on any atom is 0.525 e. The fourth-order valence-electron chi connectivity index (χ4n) is 2.60. The summed E-state index contributed by atoms with van der Waals surface area (Å²) in [4.78, 5) is 0. The van der Waals surface area contributed by atoms with E-state index in [9.17, 15) is 0 Å². The van der Waals surface area contributed by atoms with Crippen LogP contribution in [0.5, 0.6) is 0 Å². The van der Waals surface area contributed by atoms with Crippen LogP contribution < -0.4 is 0 Å². The van der Waals surface area contributed by atoms with Crippen LogP contribution in [0.3, 0.4) is 0 Å². The number of hydrogen-bond acceptors (Lipinski definition) is 3. The predicted molar refractivity (Wildman–Crippen MR) is 109 cm³/mol. The van der Waals surface area contributed by atoms with Crippen molar-refractivity contribution in [3.8, 4) is 0 Å². The van der Waals surface area contributed by atoms with E-state index in [1.54, 1.807) is 0 Å². The van der Waals surface area contributed by atoms with Gasteiger partial charge in [0, 0.05) is 4.47 Å². The molecule has 6 heteroatoms. The third kappa shape index (κ3) is 5.19. The molecule has 1 aromatic rings. The van der Waals surface area contributed by atoms with E-state index in [1.807, 2.05) is 72.7 Å². The summed E-state index contributed by atoms with van der Waals surface area (Å²) in [5, 5.41) is 0. The van der Waals surface area contributed by atoms with Crippen LogP contribution in [0.25, 0.3) is 5.57 Å². The Balaban J connectivity index is 2.32. The maximum atomic E-state index is 15.4. The van der Waals surface area contributed by atoms with Crippen molar-refractivity contribution in [2.24, 2.45) is 0 Å². The Morgan fingerprint density at radius 2 is 1.58 bits per heavy atom. The average Bonchev–Trinajstić information content (AvgIpc) is 2.71. The van der Waals surface area contributed by atoms with E-state index in [2.05, 4.69) is 15.9 Å². The van der Waals surface area contributed by atoms with Crippen LogP contribution in [0.1, 0.15) is 60.5 Å². The summed E-state index contributed by atoms with van der Waals surface area (Å²) in [5.74, 6) is 0. The molecule has 1 aliphatic rings. The molecule has 1 fully saturated rings.